The van der Waals surface area contributed by atoms with Crippen LogP contribution in [0.4, 0.5) is 0 Å². The Labute approximate surface area is 91.5 Å². The van der Waals surface area contributed by atoms with Gasteiger partial charge in [-0.2, -0.15) is 0 Å². The summed E-state index contributed by atoms with van der Waals surface area (Å²) >= 11 is 0. The summed E-state index contributed by atoms with van der Waals surface area (Å²) < 4.78 is 0. The molecule has 1 fully saturated rings. The van der Waals surface area contributed by atoms with E-state index >= 15 is 0 Å². The Hall–Kier alpha value is -0.570. The first-order valence-corrected chi connectivity index (χ1v) is 5.98. The third kappa shape index (κ3) is 3.82. The van der Waals surface area contributed by atoms with E-state index in [1.807, 2.05) is 0 Å². The molecule has 2 atom stereocenters. The van der Waals surface area contributed by atoms with Crippen molar-refractivity contribution in [2.24, 2.45) is 5.41 Å². The van der Waals surface area contributed by atoms with Crippen molar-refractivity contribution in [3.8, 4) is 0 Å². The zero-order valence-electron chi connectivity index (χ0n) is 9.54. The standard InChI is InChI=1S/C12H22O3/c1-2-3-4-6-12(9-11(14)15)7-5-10(13)8-12/h10,13H,2-9H2,1H3,(H,14,15). The van der Waals surface area contributed by atoms with E-state index in [9.17, 15) is 9.90 Å². The first-order chi connectivity index (χ1) is 7.08. The summed E-state index contributed by atoms with van der Waals surface area (Å²) in [6.07, 6.45) is 6.68. The zero-order chi connectivity index (χ0) is 11.3. The highest BCUT2D eigenvalue weighted by atomic mass is 16.4. The smallest absolute Gasteiger partial charge is 0.303 e. The Kier molecular flexibility index (Phi) is 4.58. The van der Waals surface area contributed by atoms with Gasteiger partial charge in [-0.05, 0) is 31.1 Å². The Morgan fingerprint density at radius 1 is 1.47 bits per heavy atom. The third-order valence-corrected chi connectivity index (χ3v) is 3.51. The lowest BCUT2D eigenvalue weighted by Crippen LogP contribution is -2.22. The summed E-state index contributed by atoms with van der Waals surface area (Å²) in [4.78, 5) is 10.8. The summed E-state index contributed by atoms with van der Waals surface area (Å²) in [7, 11) is 0. The van der Waals surface area contributed by atoms with Gasteiger partial charge in [-0.3, -0.25) is 4.79 Å². The fraction of sp³-hybridized carbons (Fsp3) is 0.917. The first kappa shape index (κ1) is 12.5. The predicted molar refractivity (Wildman–Crippen MR) is 58.7 cm³/mol. The van der Waals surface area contributed by atoms with Crippen LogP contribution in [0.2, 0.25) is 0 Å². The number of aliphatic hydroxyl groups excluding tert-OH is 1. The van der Waals surface area contributed by atoms with Crippen molar-refractivity contribution in [1.82, 2.24) is 0 Å². The van der Waals surface area contributed by atoms with E-state index in [0.717, 1.165) is 38.5 Å². The molecular weight excluding hydrogens is 192 g/mol. The molecule has 1 aliphatic rings. The summed E-state index contributed by atoms with van der Waals surface area (Å²) in [5.41, 5.74) is -0.111. The number of unbranched alkanes of at least 4 members (excludes halogenated alkanes) is 2. The van der Waals surface area contributed by atoms with Gasteiger partial charge in [-0.15, -0.1) is 0 Å². The third-order valence-electron chi connectivity index (χ3n) is 3.51. The molecule has 0 aromatic heterocycles. The minimum absolute atomic E-state index is 0.111. The summed E-state index contributed by atoms with van der Waals surface area (Å²) in [6.45, 7) is 2.15. The summed E-state index contributed by atoms with van der Waals surface area (Å²) in [5, 5.41) is 18.4. The second-order valence-corrected chi connectivity index (χ2v) is 4.92. The molecule has 0 heterocycles. The number of rotatable bonds is 6. The number of carboxylic acids is 1. The van der Waals surface area contributed by atoms with E-state index in [1.165, 1.54) is 0 Å². The molecule has 1 saturated carbocycles. The molecule has 0 spiro atoms. The van der Waals surface area contributed by atoms with Crippen LogP contribution in [-0.2, 0) is 4.79 Å². The molecule has 0 aromatic rings. The fourth-order valence-corrected chi connectivity index (χ4v) is 2.72. The van der Waals surface area contributed by atoms with Gasteiger partial charge in [0.1, 0.15) is 0 Å². The van der Waals surface area contributed by atoms with Crippen LogP contribution in [0.25, 0.3) is 0 Å². The van der Waals surface area contributed by atoms with Crippen LogP contribution in [0.1, 0.15) is 58.3 Å². The number of hydrogen-bond acceptors (Lipinski definition) is 2. The number of carboxylic acid groups (broad SMARTS) is 1. The molecule has 3 heteroatoms. The molecule has 0 saturated heterocycles. The van der Waals surface area contributed by atoms with E-state index in [0.29, 0.717) is 6.42 Å². The Bertz CT molecular complexity index is 215. The van der Waals surface area contributed by atoms with Crippen molar-refractivity contribution in [1.29, 1.82) is 0 Å². The number of aliphatic carboxylic acids is 1. The van der Waals surface area contributed by atoms with E-state index in [-0.39, 0.29) is 17.9 Å². The lowest BCUT2D eigenvalue weighted by molar-refractivity contribution is -0.140. The lowest BCUT2D eigenvalue weighted by atomic mass is 9.78. The van der Waals surface area contributed by atoms with Crippen LogP contribution in [0, 0.1) is 5.41 Å². The minimum Gasteiger partial charge on any atom is -0.481 e. The maximum absolute atomic E-state index is 10.8. The van der Waals surface area contributed by atoms with Gasteiger partial charge in [0, 0.05) is 0 Å². The highest BCUT2D eigenvalue weighted by molar-refractivity contribution is 5.67. The molecule has 0 radical (unpaired) electrons. The fourth-order valence-electron chi connectivity index (χ4n) is 2.72. The molecule has 2 unspecified atom stereocenters. The van der Waals surface area contributed by atoms with Crippen LogP contribution in [0.15, 0.2) is 0 Å². The number of hydrogen-bond donors (Lipinski definition) is 2. The molecule has 15 heavy (non-hydrogen) atoms. The Morgan fingerprint density at radius 3 is 2.67 bits per heavy atom. The first-order valence-electron chi connectivity index (χ1n) is 5.98. The molecular formula is C12H22O3. The lowest BCUT2D eigenvalue weighted by Gasteiger charge is -2.27. The van der Waals surface area contributed by atoms with Crippen LogP contribution >= 0.6 is 0 Å². The van der Waals surface area contributed by atoms with Crippen LogP contribution in [0.5, 0.6) is 0 Å². The normalized spacial score (nSPS) is 30.7. The van der Waals surface area contributed by atoms with Crippen molar-refractivity contribution in [2.45, 2.75) is 64.4 Å². The molecule has 1 rings (SSSR count). The average molecular weight is 214 g/mol. The van der Waals surface area contributed by atoms with Gasteiger partial charge in [-0.1, -0.05) is 26.2 Å². The van der Waals surface area contributed by atoms with Crippen molar-refractivity contribution in [3.05, 3.63) is 0 Å². The van der Waals surface area contributed by atoms with Gasteiger partial charge in [0.25, 0.3) is 0 Å². The summed E-state index contributed by atoms with van der Waals surface area (Å²) in [6, 6.07) is 0. The number of carbonyl (C=O) groups is 1. The second kappa shape index (κ2) is 5.50. The second-order valence-electron chi connectivity index (χ2n) is 4.92. The number of aliphatic hydroxyl groups is 1. The van der Waals surface area contributed by atoms with E-state index < -0.39 is 5.97 Å². The van der Waals surface area contributed by atoms with Gasteiger partial charge in [-0.25, -0.2) is 0 Å². The maximum Gasteiger partial charge on any atom is 0.303 e. The highest BCUT2D eigenvalue weighted by Crippen LogP contribution is 2.45. The van der Waals surface area contributed by atoms with Crippen LogP contribution in [-0.4, -0.2) is 22.3 Å². The van der Waals surface area contributed by atoms with E-state index in [4.69, 9.17) is 5.11 Å². The van der Waals surface area contributed by atoms with E-state index in [2.05, 4.69) is 6.92 Å². The molecule has 1 aliphatic carbocycles. The van der Waals surface area contributed by atoms with Gasteiger partial charge in [0.15, 0.2) is 0 Å². The molecule has 0 bridgehead atoms. The highest BCUT2D eigenvalue weighted by Gasteiger charge is 2.39. The molecule has 0 amide bonds. The largest absolute Gasteiger partial charge is 0.481 e. The molecule has 3 nitrogen and oxygen atoms in total. The monoisotopic (exact) mass is 214 g/mol. The van der Waals surface area contributed by atoms with Gasteiger partial charge >= 0.3 is 5.97 Å². The predicted octanol–water partition coefficient (Wildman–Crippen LogP) is 2.57. The minimum atomic E-state index is -0.722. The SMILES string of the molecule is CCCCCC1(CC(=O)O)CCC(O)C1. The van der Waals surface area contributed by atoms with Crippen molar-refractivity contribution < 1.29 is 15.0 Å². The topological polar surface area (TPSA) is 57.5 Å². The summed E-state index contributed by atoms with van der Waals surface area (Å²) in [5.74, 6) is -0.722. The molecule has 88 valence electrons. The molecule has 2 N–H and O–H groups in total. The van der Waals surface area contributed by atoms with Gasteiger partial charge in [0.2, 0.25) is 0 Å². The Morgan fingerprint density at radius 2 is 2.20 bits per heavy atom. The maximum atomic E-state index is 10.8. The van der Waals surface area contributed by atoms with Crippen molar-refractivity contribution >= 4 is 5.97 Å². The average Bonchev–Trinajstić information content (AvgIpc) is 2.47. The molecule has 0 aromatic carbocycles. The van der Waals surface area contributed by atoms with Crippen LogP contribution in [0.3, 0.4) is 0 Å². The molecule has 0 aliphatic heterocycles. The van der Waals surface area contributed by atoms with E-state index in [1.54, 1.807) is 0 Å². The van der Waals surface area contributed by atoms with Crippen molar-refractivity contribution in [3.63, 3.8) is 0 Å². The van der Waals surface area contributed by atoms with Gasteiger partial charge < -0.3 is 10.2 Å². The Balaban J connectivity index is 2.49. The van der Waals surface area contributed by atoms with Gasteiger partial charge in [0.05, 0.1) is 12.5 Å². The quantitative estimate of drug-likeness (QED) is 0.668. The van der Waals surface area contributed by atoms with Crippen LogP contribution < -0.4 is 0 Å². The zero-order valence-corrected chi connectivity index (χ0v) is 9.54. The van der Waals surface area contributed by atoms with Crippen molar-refractivity contribution in [2.75, 3.05) is 0 Å².